The van der Waals surface area contributed by atoms with Crippen LogP contribution >= 0.6 is 0 Å². The first-order chi connectivity index (χ1) is 7.45. The number of hydrogen-bond donors (Lipinski definition) is 1. The molecule has 1 aromatic rings. The lowest BCUT2D eigenvalue weighted by Gasteiger charge is -2.20. The van der Waals surface area contributed by atoms with E-state index in [0.29, 0.717) is 12.2 Å². The van der Waals surface area contributed by atoms with E-state index in [-0.39, 0.29) is 5.69 Å². The molecule has 0 radical (unpaired) electrons. The Morgan fingerprint density at radius 2 is 2.06 bits per heavy atom. The first-order valence-corrected chi connectivity index (χ1v) is 4.70. The van der Waals surface area contributed by atoms with Crippen LogP contribution in [0, 0.1) is 5.82 Å². The van der Waals surface area contributed by atoms with Gasteiger partial charge in [0.25, 0.3) is 0 Å². The third-order valence-corrected chi connectivity index (χ3v) is 2.18. The Bertz CT molecular complexity index is 371. The summed E-state index contributed by atoms with van der Waals surface area (Å²) in [6.45, 7) is -0.585. The van der Waals surface area contributed by atoms with Gasteiger partial charge in [0.1, 0.15) is 0 Å². The van der Waals surface area contributed by atoms with E-state index in [0.717, 1.165) is 6.07 Å². The van der Waals surface area contributed by atoms with Crippen molar-refractivity contribution in [2.45, 2.75) is 13.5 Å². The van der Waals surface area contributed by atoms with E-state index in [4.69, 9.17) is 5.73 Å². The van der Waals surface area contributed by atoms with Gasteiger partial charge in [0, 0.05) is 25.7 Å². The number of nitrogen functional groups attached to an aromatic ring is 1. The molecule has 0 spiro atoms. The van der Waals surface area contributed by atoms with E-state index in [2.05, 4.69) is 4.74 Å². The number of ether oxygens (including phenoxy) is 1. The highest BCUT2D eigenvalue weighted by Gasteiger charge is 2.14. The van der Waals surface area contributed by atoms with Crippen molar-refractivity contribution in [2.24, 2.45) is 0 Å². The maximum absolute atomic E-state index is 13.2. The molecule has 0 heterocycles. The number of rotatable bonds is 4. The fraction of sp³-hybridized carbons (Fsp3) is 0.400. The fourth-order valence-electron chi connectivity index (χ4n) is 1.25. The molecule has 2 N–H and O–H groups in total. The molecule has 0 unspecified atom stereocenters. The van der Waals surface area contributed by atoms with E-state index < -0.39 is 18.2 Å². The summed E-state index contributed by atoms with van der Waals surface area (Å²) in [6.07, 6.45) is 0. The zero-order valence-electron chi connectivity index (χ0n) is 9.01. The van der Waals surface area contributed by atoms with Crippen LogP contribution in [0.1, 0.15) is 6.92 Å². The van der Waals surface area contributed by atoms with Crippen LogP contribution in [0.2, 0.25) is 0 Å². The van der Waals surface area contributed by atoms with Crippen LogP contribution in [-0.2, 0) is 0 Å². The lowest BCUT2D eigenvalue weighted by atomic mass is 10.2. The number of alkyl halides is 2. The minimum Gasteiger partial charge on any atom is -0.432 e. The molecule has 0 aliphatic rings. The fourth-order valence-corrected chi connectivity index (χ4v) is 1.25. The molecule has 16 heavy (non-hydrogen) atoms. The van der Waals surface area contributed by atoms with E-state index in [9.17, 15) is 13.2 Å². The number of hydrogen-bond acceptors (Lipinski definition) is 3. The Balaban J connectivity index is 3.11. The Labute approximate surface area is 91.6 Å². The zero-order chi connectivity index (χ0) is 12.3. The molecule has 0 atom stereocenters. The second-order valence-electron chi connectivity index (χ2n) is 3.23. The van der Waals surface area contributed by atoms with Crippen molar-refractivity contribution in [1.82, 2.24) is 0 Å². The van der Waals surface area contributed by atoms with Gasteiger partial charge in [-0.25, -0.2) is 4.39 Å². The Morgan fingerprint density at radius 3 is 2.56 bits per heavy atom. The molecule has 0 bridgehead atoms. The first-order valence-electron chi connectivity index (χ1n) is 4.70. The summed E-state index contributed by atoms with van der Waals surface area (Å²) >= 11 is 0. The van der Waals surface area contributed by atoms with E-state index in [1.165, 1.54) is 6.07 Å². The molecule has 1 aromatic carbocycles. The van der Waals surface area contributed by atoms with Crippen LogP contribution in [0.3, 0.4) is 0 Å². The van der Waals surface area contributed by atoms with Gasteiger partial charge >= 0.3 is 6.61 Å². The summed E-state index contributed by atoms with van der Waals surface area (Å²) in [5.41, 5.74) is 6.21. The molecule has 1 rings (SSSR count). The minimum atomic E-state index is -3.06. The van der Waals surface area contributed by atoms with Gasteiger partial charge in [-0.15, -0.1) is 0 Å². The predicted molar refractivity (Wildman–Crippen MR) is 56.4 cm³/mol. The SMILES string of the molecule is CCN(C)c1cc(OC(F)F)c(F)cc1N. The van der Waals surface area contributed by atoms with Crippen LogP contribution in [-0.4, -0.2) is 20.2 Å². The number of anilines is 2. The summed E-state index contributed by atoms with van der Waals surface area (Å²) in [4.78, 5) is 1.70. The standard InChI is InChI=1S/C10H13F3N2O/c1-3-15(2)8-5-9(16-10(12)13)6(11)4-7(8)14/h4-5,10H,3,14H2,1-2H3. The van der Waals surface area contributed by atoms with Gasteiger partial charge in [0.15, 0.2) is 11.6 Å². The van der Waals surface area contributed by atoms with Crippen molar-refractivity contribution in [1.29, 1.82) is 0 Å². The number of halogens is 3. The van der Waals surface area contributed by atoms with Crippen LogP contribution in [0.4, 0.5) is 24.5 Å². The smallest absolute Gasteiger partial charge is 0.387 e. The van der Waals surface area contributed by atoms with Gasteiger partial charge in [-0.05, 0) is 6.92 Å². The average molecular weight is 234 g/mol. The number of nitrogens with two attached hydrogens (primary N) is 1. The van der Waals surface area contributed by atoms with E-state index in [1.54, 1.807) is 11.9 Å². The molecule has 0 saturated heterocycles. The van der Waals surface area contributed by atoms with Crippen molar-refractivity contribution >= 4 is 11.4 Å². The Morgan fingerprint density at radius 1 is 1.44 bits per heavy atom. The molecule has 90 valence electrons. The summed E-state index contributed by atoms with van der Waals surface area (Å²) < 4.78 is 41.2. The molecular formula is C10H13F3N2O. The first kappa shape index (κ1) is 12.5. The highest BCUT2D eigenvalue weighted by atomic mass is 19.3. The Kier molecular flexibility index (Phi) is 3.87. The largest absolute Gasteiger partial charge is 0.432 e. The average Bonchev–Trinajstić information content (AvgIpc) is 2.20. The van der Waals surface area contributed by atoms with Gasteiger partial charge in [0.2, 0.25) is 0 Å². The van der Waals surface area contributed by atoms with Crippen LogP contribution in [0.5, 0.6) is 5.75 Å². The molecule has 0 aliphatic heterocycles. The number of benzene rings is 1. The van der Waals surface area contributed by atoms with Gasteiger partial charge in [-0.3, -0.25) is 0 Å². The van der Waals surface area contributed by atoms with Crippen molar-refractivity contribution in [2.75, 3.05) is 24.2 Å². The Hall–Kier alpha value is -1.59. The van der Waals surface area contributed by atoms with Gasteiger partial charge in [-0.1, -0.05) is 0 Å². The summed E-state index contributed by atoms with van der Waals surface area (Å²) in [7, 11) is 1.72. The minimum absolute atomic E-state index is 0.184. The molecule has 6 heteroatoms. The molecule has 0 aliphatic carbocycles. The van der Waals surface area contributed by atoms with Gasteiger partial charge < -0.3 is 15.4 Å². The topological polar surface area (TPSA) is 38.5 Å². The molecular weight excluding hydrogens is 221 g/mol. The summed E-state index contributed by atoms with van der Waals surface area (Å²) in [6, 6.07) is 2.14. The predicted octanol–water partition coefficient (Wildman–Crippen LogP) is 2.47. The van der Waals surface area contributed by atoms with Crippen molar-refractivity contribution in [3.63, 3.8) is 0 Å². The molecule has 0 saturated carbocycles. The molecule has 0 amide bonds. The highest BCUT2D eigenvalue weighted by molar-refractivity contribution is 5.69. The van der Waals surface area contributed by atoms with Crippen LogP contribution in [0.25, 0.3) is 0 Å². The molecule has 0 aromatic heterocycles. The van der Waals surface area contributed by atoms with Crippen molar-refractivity contribution in [3.05, 3.63) is 17.9 Å². The molecule has 3 nitrogen and oxygen atoms in total. The third-order valence-electron chi connectivity index (χ3n) is 2.18. The summed E-state index contributed by atoms with van der Waals surface area (Å²) in [5, 5.41) is 0. The van der Waals surface area contributed by atoms with Gasteiger partial charge in [0.05, 0.1) is 11.4 Å². The van der Waals surface area contributed by atoms with E-state index >= 15 is 0 Å². The quantitative estimate of drug-likeness (QED) is 0.813. The van der Waals surface area contributed by atoms with Crippen LogP contribution in [0.15, 0.2) is 12.1 Å². The monoisotopic (exact) mass is 234 g/mol. The maximum Gasteiger partial charge on any atom is 0.387 e. The lowest BCUT2D eigenvalue weighted by Crippen LogP contribution is -2.18. The third kappa shape index (κ3) is 2.71. The lowest BCUT2D eigenvalue weighted by molar-refractivity contribution is -0.0521. The normalized spacial score (nSPS) is 10.6. The summed E-state index contributed by atoms with van der Waals surface area (Å²) in [5.74, 6) is -1.40. The second kappa shape index (κ2) is 4.96. The van der Waals surface area contributed by atoms with E-state index in [1.807, 2.05) is 6.92 Å². The maximum atomic E-state index is 13.2. The second-order valence-corrected chi connectivity index (χ2v) is 3.23. The highest BCUT2D eigenvalue weighted by Crippen LogP contribution is 2.31. The zero-order valence-corrected chi connectivity index (χ0v) is 9.01. The number of nitrogens with zero attached hydrogens (tertiary/aromatic N) is 1. The van der Waals surface area contributed by atoms with Crippen molar-refractivity contribution < 1.29 is 17.9 Å². The van der Waals surface area contributed by atoms with Gasteiger partial charge in [-0.2, -0.15) is 8.78 Å². The van der Waals surface area contributed by atoms with Crippen LogP contribution < -0.4 is 15.4 Å². The molecule has 0 fully saturated rings. The van der Waals surface area contributed by atoms with Crippen molar-refractivity contribution in [3.8, 4) is 5.75 Å².